The number of rotatable bonds is 7. The molecular weight excluding hydrogens is 487 g/mol. The van der Waals surface area contributed by atoms with Crippen LogP contribution in [-0.4, -0.2) is 21.3 Å². The quantitative estimate of drug-likeness (QED) is 0.279. The van der Waals surface area contributed by atoms with Crippen LogP contribution >= 0.6 is 11.8 Å². The third kappa shape index (κ3) is 5.91. The lowest BCUT2D eigenvalue weighted by Crippen LogP contribution is -2.34. The van der Waals surface area contributed by atoms with Crippen LogP contribution in [0, 0.1) is 5.82 Å². The summed E-state index contributed by atoms with van der Waals surface area (Å²) in [7, 11) is 0. The van der Waals surface area contributed by atoms with Gasteiger partial charge in [-0.2, -0.15) is 0 Å². The number of aromatic carboxylic acids is 1. The molecule has 4 rings (SSSR count). The lowest BCUT2D eigenvalue weighted by atomic mass is 9.63. The summed E-state index contributed by atoms with van der Waals surface area (Å²) in [6.07, 6.45) is 4.54. The lowest BCUT2D eigenvalue weighted by Gasteiger charge is -2.43. The van der Waals surface area contributed by atoms with Crippen LogP contribution in [0.3, 0.4) is 0 Å². The standard InChI is InChI=1S/C31H33FO4S/c1-30(2)13-14-31(3,4)28-24(30)16-21(17-27(28)37-18-20-5-9-22(32)10-6-20)25(33)12-8-19-7-11-23(29(35)36)26(34)15-19/h5-12,15-17,25,33-34H,13-14,18H2,1-4H3,(H,35,36). The van der Waals surface area contributed by atoms with Crippen molar-refractivity contribution < 1.29 is 24.5 Å². The molecule has 3 aromatic carbocycles. The molecule has 0 aliphatic heterocycles. The molecule has 0 aromatic heterocycles. The fourth-order valence-electron chi connectivity index (χ4n) is 4.93. The molecule has 0 heterocycles. The molecule has 0 spiro atoms. The lowest BCUT2D eigenvalue weighted by molar-refractivity contribution is 0.0693. The topological polar surface area (TPSA) is 77.8 Å². The van der Waals surface area contributed by atoms with Gasteiger partial charge in [0.2, 0.25) is 0 Å². The van der Waals surface area contributed by atoms with E-state index < -0.39 is 12.1 Å². The minimum atomic E-state index is -1.20. The molecule has 6 heteroatoms. The molecular formula is C31H33FO4S. The zero-order valence-corrected chi connectivity index (χ0v) is 22.4. The van der Waals surface area contributed by atoms with Gasteiger partial charge in [-0.3, -0.25) is 0 Å². The smallest absolute Gasteiger partial charge is 0.339 e. The molecule has 1 aliphatic carbocycles. The zero-order chi connectivity index (χ0) is 27.0. The first-order chi connectivity index (χ1) is 17.4. The average molecular weight is 521 g/mol. The Hall–Kier alpha value is -3.09. The van der Waals surface area contributed by atoms with Gasteiger partial charge >= 0.3 is 5.97 Å². The molecule has 1 aliphatic rings. The summed E-state index contributed by atoms with van der Waals surface area (Å²) in [5.74, 6) is -1.08. The number of fused-ring (bicyclic) bond motifs is 1. The minimum Gasteiger partial charge on any atom is -0.507 e. The van der Waals surface area contributed by atoms with Gasteiger partial charge in [0, 0.05) is 10.6 Å². The van der Waals surface area contributed by atoms with Crippen LogP contribution in [0.5, 0.6) is 5.75 Å². The van der Waals surface area contributed by atoms with E-state index in [1.165, 1.54) is 35.4 Å². The summed E-state index contributed by atoms with van der Waals surface area (Å²) in [5.41, 5.74) is 4.71. The van der Waals surface area contributed by atoms with Gasteiger partial charge in [-0.1, -0.05) is 64.1 Å². The number of hydrogen-bond acceptors (Lipinski definition) is 4. The molecule has 0 saturated heterocycles. The van der Waals surface area contributed by atoms with Gasteiger partial charge in [0.05, 0.1) is 6.10 Å². The molecule has 0 radical (unpaired) electrons. The van der Waals surface area contributed by atoms with E-state index in [0.717, 1.165) is 28.9 Å². The van der Waals surface area contributed by atoms with E-state index in [1.807, 2.05) is 0 Å². The summed E-state index contributed by atoms with van der Waals surface area (Å²) in [5, 5.41) is 30.2. The number of aromatic hydroxyl groups is 1. The molecule has 0 bridgehead atoms. The second kappa shape index (κ2) is 10.3. The van der Waals surface area contributed by atoms with E-state index in [4.69, 9.17) is 5.11 Å². The molecule has 194 valence electrons. The summed E-state index contributed by atoms with van der Waals surface area (Å²) in [6.45, 7) is 9.03. The van der Waals surface area contributed by atoms with Crippen LogP contribution in [0.25, 0.3) is 6.08 Å². The Labute approximate surface area is 221 Å². The van der Waals surface area contributed by atoms with Gasteiger partial charge in [-0.05, 0) is 81.8 Å². The molecule has 0 saturated carbocycles. The molecule has 37 heavy (non-hydrogen) atoms. The van der Waals surface area contributed by atoms with Gasteiger partial charge in [0.15, 0.2) is 0 Å². The number of thioether (sulfide) groups is 1. The van der Waals surface area contributed by atoms with Crippen LogP contribution < -0.4 is 0 Å². The number of carboxylic acid groups (broad SMARTS) is 1. The average Bonchev–Trinajstić information content (AvgIpc) is 2.84. The highest BCUT2D eigenvalue weighted by Gasteiger charge is 2.39. The molecule has 0 amide bonds. The van der Waals surface area contributed by atoms with E-state index in [1.54, 1.807) is 42.1 Å². The normalized spacial score (nSPS) is 16.9. The molecule has 1 atom stereocenters. The van der Waals surface area contributed by atoms with Crippen molar-refractivity contribution in [2.75, 3.05) is 0 Å². The maximum Gasteiger partial charge on any atom is 0.339 e. The monoisotopic (exact) mass is 520 g/mol. The Kier molecular flexibility index (Phi) is 7.54. The molecule has 4 nitrogen and oxygen atoms in total. The molecule has 0 fully saturated rings. The highest BCUT2D eigenvalue weighted by atomic mass is 32.2. The van der Waals surface area contributed by atoms with Crippen molar-refractivity contribution >= 4 is 23.8 Å². The van der Waals surface area contributed by atoms with Gasteiger partial charge in [-0.25, -0.2) is 9.18 Å². The highest BCUT2D eigenvalue weighted by molar-refractivity contribution is 7.98. The van der Waals surface area contributed by atoms with E-state index >= 15 is 0 Å². The summed E-state index contributed by atoms with van der Waals surface area (Å²) >= 11 is 1.70. The van der Waals surface area contributed by atoms with Crippen molar-refractivity contribution in [3.63, 3.8) is 0 Å². The largest absolute Gasteiger partial charge is 0.507 e. The second-order valence-electron chi connectivity index (χ2n) is 11.0. The number of benzene rings is 3. The van der Waals surface area contributed by atoms with Crippen molar-refractivity contribution in [3.05, 3.63) is 99.9 Å². The Morgan fingerprint density at radius 2 is 1.70 bits per heavy atom. The number of carboxylic acids is 1. The fourth-order valence-corrected chi connectivity index (χ4v) is 6.19. The Morgan fingerprint density at radius 1 is 1.03 bits per heavy atom. The molecule has 3 N–H and O–H groups in total. The maximum atomic E-state index is 13.4. The molecule has 1 unspecified atom stereocenters. The van der Waals surface area contributed by atoms with Gasteiger partial charge in [0.25, 0.3) is 0 Å². The van der Waals surface area contributed by atoms with E-state index in [0.29, 0.717) is 11.3 Å². The van der Waals surface area contributed by atoms with Gasteiger partial charge in [0.1, 0.15) is 17.1 Å². The van der Waals surface area contributed by atoms with E-state index in [2.05, 4.69) is 39.8 Å². The first kappa shape index (κ1) is 27.0. The van der Waals surface area contributed by atoms with Gasteiger partial charge in [-0.15, -0.1) is 11.8 Å². The minimum absolute atomic E-state index is 0.0152. The summed E-state index contributed by atoms with van der Waals surface area (Å²) in [6, 6.07) is 15.0. The van der Waals surface area contributed by atoms with Crippen molar-refractivity contribution in [1.82, 2.24) is 0 Å². The summed E-state index contributed by atoms with van der Waals surface area (Å²) in [4.78, 5) is 12.3. The maximum absolute atomic E-state index is 13.4. The zero-order valence-electron chi connectivity index (χ0n) is 21.6. The Morgan fingerprint density at radius 3 is 2.35 bits per heavy atom. The third-order valence-corrected chi connectivity index (χ3v) is 8.39. The number of aliphatic hydroxyl groups is 1. The van der Waals surface area contributed by atoms with Crippen LogP contribution in [0.15, 0.2) is 65.6 Å². The van der Waals surface area contributed by atoms with Crippen molar-refractivity contribution in [1.29, 1.82) is 0 Å². The van der Waals surface area contributed by atoms with Crippen molar-refractivity contribution in [2.24, 2.45) is 0 Å². The number of phenols is 1. The number of hydrogen-bond donors (Lipinski definition) is 3. The predicted octanol–water partition coefficient (Wildman–Crippen LogP) is 7.62. The third-order valence-electron chi connectivity index (χ3n) is 7.28. The van der Waals surface area contributed by atoms with Gasteiger partial charge < -0.3 is 15.3 Å². The van der Waals surface area contributed by atoms with Crippen LogP contribution in [0.2, 0.25) is 0 Å². The highest BCUT2D eigenvalue weighted by Crippen LogP contribution is 2.50. The second-order valence-corrected chi connectivity index (χ2v) is 12.0. The first-order valence-corrected chi connectivity index (χ1v) is 13.3. The van der Waals surface area contributed by atoms with E-state index in [-0.39, 0.29) is 28.0 Å². The van der Waals surface area contributed by atoms with Crippen LogP contribution in [0.4, 0.5) is 4.39 Å². The Balaban J connectivity index is 1.70. The SMILES string of the molecule is CC1(C)CCC(C)(C)c2c(SCc3ccc(F)cc3)cc(C(O)C=Cc3ccc(C(=O)O)c(O)c3)cc21. The van der Waals surface area contributed by atoms with Crippen LogP contribution in [0.1, 0.15) is 84.8 Å². The number of carbonyl (C=O) groups is 1. The van der Waals surface area contributed by atoms with Crippen molar-refractivity contribution in [2.45, 2.75) is 68.1 Å². The van der Waals surface area contributed by atoms with Crippen LogP contribution in [-0.2, 0) is 16.6 Å². The fraction of sp³-hybridized carbons (Fsp3) is 0.323. The number of aliphatic hydroxyl groups excluding tert-OH is 1. The van der Waals surface area contributed by atoms with E-state index in [9.17, 15) is 19.4 Å². The number of halogens is 1. The predicted molar refractivity (Wildman–Crippen MR) is 147 cm³/mol. The summed E-state index contributed by atoms with van der Waals surface area (Å²) < 4.78 is 13.4. The Bertz CT molecular complexity index is 1340. The molecule has 3 aromatic rings. The first-order valence-electron chi connectivity index (χ1n) is 12.4. The van der Waals surface area contributed by atoms with Crippen molar-refractivity contribution in [3.8, 4) is 5.75 Å².